The van der Waals surface area contributed by atoms with Crippen molar-refractivity contribution in [2.24, 2.45) is 10.1 Å². The number of amides is 1. The van der Waals surface area contributed by atoms with Crippen molar-refractivity contribution < 1.29 is 14.1 Å². The zero-order valence-electron chi connectivity index (χ0n) is 18.4. The lowest BCUT2D eigenvalue weighted by Crippen LogP contribution is -2.35. The molecule has 0 saturated heterocycles. The number of amidine groups is 2. The van der Waals surface area contributed by atoms with Crippen molar-refractivity contribution in [3.8, 4) is 5.69 Å². The van der Waals surface area contributed by atoms with Crippen LogP contribution in [-0.4, -0.2) is 36.5 Å². The number of furan rings is 1. The second-order valence-electron chi connectivity index (χ2n) is 7.79. The van der Waals surface area contributed by atoms with Crippen LogP contribution in [0.2, 0.25) is 0 Å². The molecule has 4 heterocycles. The van der Waals surface area contributed by atoms with Crippen LogP contribution in [0.15, 0.2) is 62.7 Å². The molecule has 3 aromatic rings. The van der Waals surface area contributed by atoms with E-state index in [-0.39, 0.29) is 17.1 Å². The Hall–Kier alpha value is -4.25. The highest BCUT2D eigenvalue weighted by atomic mass is 32.2. The predicted molar refractivity (Wildman–Crippen MR) is 129 cm³/mol. The fraction of sp³-hybridized carbons (Fsp3) is 0.130. The third-order valence-electron chi connectivity index (χ3n) is 5.60. The number of aromatic nitrogens is 1. The van der Waals surface area contributed by atoms with Gasteiger partial charge in [0.05, 0.1) is 22.4 Å². The van der Waals surface area contributed by atoms with Crippen molar-refractivity contribution in [2.45, 2.75) is 20.8 Å². The number of non-ortho nitro benzene ring substituents is 1. The summed E-state index contributed by atoms with van der Waals surface area (Å²) in [4.78, 5) is 27.8. The Bertz CT molecular complexity index is 1480. The molecule has 170 valence electrons. The van der Waals surface area contributed by atoms with Gasteiger partial charge in [0.15, 0.2) is 16.6 Å². The van der Waals surface area contributed by atoms with Gasteiger partial charge in [-0.05, 0) is 67.9 Å². The monoisotopic (exact) mass is 474 g/mol. The summed E-state index contributed by atoms with van der Waals surface area (Å²) in [5, 5.41) is 26.4. The number of aliphatic imine (C=N–C) groups is 1. The molecular formula is C23H18N6O4S. The summed E-state index contributed by atoms with van der Waals surface area (Å²) in [6.07, 6.45) is 3.14. The first-order chi connectivity index (χ1) is 16.2. The van der Waals surface area contributed by atoms with Crippen molar-refractivity contribution in [1.82, 2.24) is 9.58 Å². The van der Waals surface area contributed by atoms with Crippen LogP contribution in [0.1, 0.15) is 28.3 Å². The largest absolute Gasteiger partial charge is 0.462 e. The van der Waals surface area contributed by atoms with Crippen molar-refractivity contribution in [3.05, 3.63) is 86.6 Å². The molecule has 34 heavy (non-hydrogen) atoms. The number of carbonyl (C=O) groups is 1. The maximum atomic E-state index is 12.8. The number of thioether (sulfide) groups is 1. The number of hydrazone groups is 1. The summed E-state index contributed by atoms with van der Waals surface area (Å²) in [6, 6.07) is 10.1. The SMILES string of the molecule is Cc1ccc([N+](=O)[O-])cc1-n1c(C)cc(/C=C2\C(=N)N3N=C(c4ccco4)SC3=NC2=O)c1C. The number of nitro benzene ring substituents is 1. The third kappa shape index (κ3) is 3.46. The second kappa shape index (κ2) is 7.96. The van der Waals surface area contributed by atoms with Crippen LogP contribution in [0.5, 0.6) is 0 Å². The molecule has 11 heteroatoms. The zero-order valence-corrected chi connectivity index (χ0v) is 19.2. The minimum Gasteiger partial charge on any atom is -0.462 e. The smallest absolute Gasteiger partial charge is 0.283 e. The molecule has 1 aromatic carbocycles. The van der Waals surface area contributed by atoms with Crippen LogP contribution in [0.25, 0.3) is 11.8 Å². The number of nitrogens with zero attached hydrogens (tertiary/aromatic N) is 5. The Balaban J connectivity index is 1.54. The van der Waals surface area contributed by atoms with Crippen LogP contribution >= 0.6 is 11.8 Å². The van der Waals surface area contributed by atoms with Crippen LogP contribution in [-0.2, 0) is 4.79 Å². The van der Waals surface area contributed by atoms with Crippen LogP contribution < -0.4 is 0 Å². The van der Waals surface area contributed by atoms with Gasteiger partial charge in [0.1, 0.15) is 0 Å². The Morgan fingerprint density at radius 3 is 2.71 bits per heavy atom. The van der Waals surface area contributed by atoms with E-state index in [0.29, 0.717) is 27.2 Å². The maximum absolute atomic E-state index is 12.8. The number of benzene rings is 1. The summed E-state index contributed by atoms with van der Waals surface area (Å²) in [7, 11) is 0. The minimum absolute atomic E-state index is 0.00383. The van der Waals surface area contributed by atoms with Gasteiger partial charge in [-0.15, -0.1) is 0 Å². The Kier molecular flexibility index (Phi) is 5.05. The van der Waals surface area contributed by atoms with Gasteiger partial charge >= 0.3 is 0 Å². The highest BCUT2D eigenvalue weighted by Gasteiger charge is 2.37. The van der Waals surface area contributed by atoms with Crippen LogP contribution in [0.4, 0.5) is 5.69 Å². The molecule has 0 unspecified atom stereocenters. The Morgan fingerprint density at radius 1 is 1.21 bits per heavy atom. The van der Waals surface area contributed by atoms with Gasteiger partial charge in [-0.25, -0.2) is 0 Å². The van der Waals surface area contributed by atoms with E-state index in [9.17, 15) is 14.9 Å². The first-order valence-electron chi connectivity index (χ1n) is 10.2. The molecule has 0 fully saturated rings. The molecule has 0 spiro atoms. The molecule has 0 saturated carbocycles. The van der Waals surface area contributed by atoms with E-state index < -0.39 is 10.8 Å². The van der Waals surface area contributed by atoms with E-state index in [2.05, 4.69) is 10.1 Å². The Morgan fingerprint density at radius 2 is 2.00 bits per heavy atom. The van der Waals surface area contributed by atoms with Gasteiger partial charge in [0.2, 0.25) is 5.17 Å². The zero-order chi connectivity index (χ0) is 24.1. The molecule has 10 nitrogen and oxygen atoms in total. The van der Waals surface area contributed by atoms with Gasteiger partial charge in [-0.3, -0.25) is 20.3 Å². The molecule has 2 aliphatic heterocycles. The van der Waals surface area contributed by atoms with E-state index in [1.165, 1.54) is 23.4 Å². The summed E-state index contributed by atoms with van der Waals surface area (Å²) in [5.41, 5.74) is 3.97. The number of carbonyl (C=O) groups excluding carboxylic acids is 1. The first kappa shape index (κ1) is 21.6. The van der Waals surface area contributed by atoms with E-state index in [1.54, 1.807) is 24.3 Å². The number of nitro groups is 1. The molecule has 0 atom stereocenters. The molecule has 1 amide bonds. The lowest BCUT2D eigenvalue weighted by atomic mass is 10.1. The molecule has 5 rings (SSSR count). The van der Waals surface area contributed by atoms with Crippen molar-refractivity contribution >= 4 is 45.5 Å². The summed E-state index contributed by atoms with van der Waals surface area (Å²) in [6.45, 7) is 5.63. The Labute approximate surface area is 197 Å². The molecule has 0 aliphatic carbocycles. The quantitative estimate of drug-likeness (QED) is 0.335. The minimum atomic E-state index is -0.532. The number of aryl methyl sites for hydroxylation is 2. The average Bonchev–Trinajstić information content (AvgIpc) is 3.51. The highest BCUT2D eigenvalue weighted by Crippen LogP contribution is 2.32. The summed E-state index contributed by atoms with van der Waals surface area (Å²) >= 11 is 1.16. The third-order valence-corrected chi connectivity index (χ3v) is 6.52. The van der Waals surface area contributed by atoms with Crippen molar-refractivity contribution in [2.75, 3.05) is 0 Å². The molecule has 2 aromatic heterocycles. The van der Waals surface area contributed by atoms with Gasteiger partial charge in [0, 0.05) is 23.5 Å². The molecule has 0 bridgehead atoms. The number of fused-ring (bicyclic) bond motifs is 1. The van der Waals surface area contributed by atoms with Crippen LogP contribution in [0, 0.1) is 36.3 Å². The first-order valence-corrected chi connectivity index (χ1v) is 11.0. The summed E-state index contributed by atoms with van der Waals surface area (Å²) in [5.74, 6) is -0.0832. The van der Waals surface area contributed by atoms with Gasteiger partial charge in [0.25, 0.3) is 11.6 Å². The van der Waals surface area contributed by atoms with E-state index in [1.807, 2.05) is 31.4 Å². The van der Waals surface area contributed by atoms with Crippen molar-refractivity contribution in [3.63, 3.8) is 0 Å². The van der Waals surface area contributed by atoms with E-state index in [4.69, 9.17) is 9.83 Å². The summed E-state index contributed by atoms with van der Waals surface area (Å²) < 4.78 is 7.27. The van der Waals surface area contributed by atoms with E-state index in [0.717, 1.165) is 28.7 Å². The fourth-order valence-corrected chi connectivity index (χ4v) is 4.76. The number of hydrogen-bond donors (Lipinski definition) is 1. The van der Waals surface area contributed by atoms with E-state index >= 15 is 0 Å². The average molecular weight is 475 g/mol. The standard InChI is InChI=1S/C23H18N6O4S/c1-12-6-7-16(29(31)32)11-18(12)27-13(2)9-15(14(27)3)10-17-20(24)28-23(25-21(17)30)34-22(26-28)19-5-4-8-33-19/h4-11,24H,1-3H3/b17-10+,24-20?. The van der Waals surface area contributed by atoms with Gasteiger partial charge in [-0.1, -0.05) is 6.07 Å². The molecule has 0 radical (unpaired) electrons. The number of hydrogen-bond acceptors (Lipinski definition) is 7. The number of rotatable bonds is 4. The lowest BCUT2D eigenvalue weighted by Gasteiger charge is -2.20. The number of nitrogens with one attached hydrogen (secondary N) is 1. The van der Waals surface area contributed by atoms with Crippen molar-refractivity contribution in [1.29, 1.82) is 5.41 Å². The fourth-order valence-electron chi connectivity index (χ4n) is 3.90. The van der Waals surface area contributed by atoms with Crippen LogP contribution in [0.3, 0.4) is 0 Å². The van der Waals surface area contributed by atoms with Gasteiger partial charge < -0.3 is 8.98 Å². The second-order valence-corrected chi connectivity index (χ2v) is 8.75. The normalized spacial score (nSPS) is 16.7. The molecular weight excluding hydrogens is 456 g/mol. The topological polar surface area (TPSA) is 130 Å². The lowest BCUT2D eigenvalue weighted by molar-refractivity contribution is -0.384. The molecule has 2 aliphatic rings. The highest BCUT2D eigenvalue weighted by molar-refractivity contribution is 8.27. The maximum Gasteiger partial charge on any atom is 0.283 e. The predicted octanol–water partition coefficient (Wildman–Crippen LogP) is 4.57. The van der Waals surface area contributed by atoms with Gasteiger partial charge in [-0.2, -0.15) is 15.1 Å². The molecule has 1 N–H and O–H groups in total.